The number of aromatic nitrogens is 2. The molecule has 4 aromatic rings. The third-order valence-electron chi connectivity index (χ3n) is 3.90. The molecule has 122 valence electrons. The molecule has 2 aromatic carbocycles. The lowest BCUT2D eigenvalue weighted by Crippen LogP contribution is -2.11. The summed E-state index contributed by atoms with van der Waals surface area (Å²) in [7, 11) is 0. The average molecular weight is 331 g/mol. The Hall–Kier alpha value is -3.47. The molecule has 0 fully saturated rings. The first kappa shape index (κ1) is 15.1. The van der Waals surface area contributed by atoms with Crippen molar-refractivity contribution in [3.63, 3.8) is 0 Å². The van der Waals surface area contributed by atoms with E-state index in [9.17, 15) is 9.18 Å². The van der Waals surface area contributed by atoms with Gasteiger partial charge in [0.2, 0.25) is 0 Å². The molecule has 0 bridgehead atoms. The average Bonchev–Trinajstić information content (AvgIpc) is 3.06. The Morgan fingerprint density at radius 3 is 2.48 bits per heavy atom. The van der Waals surface area contributed by atoms with Gasteiger partial charge in [-0.05, 0) is 30.3 Å². The highest BCUT2D eigenvalue weighted by molar-refractivity contribution is 6.03. The molecular weight excluding hydrogens is 317 g/mol. The van der Waals surface area contributed by atoms with Crippen LogP contribution in [-0.2, 0) is 0 Å². The van der Waals surface area contributed by atoms with Gasteiger partial charge in [-0.3, -0.25) is 4.79 Å². The minimum Gasteiger partial charge on any atom is -0.321 e. The summed E-state index contributed by atoms with van der Waals surface area (Å²) >= 11 is 0. The van der Waals surface area contributed by atoms with Crippen LogP contribution in [0, 0.1) is 5.82 Å². The van der Waals surface area contributed by atoms with Crippen molar-refractivity contribution in [3.05, 3.63) is 90.6 Å². The van der Waals surface area contributed by atoms with Crippen molar-refractivity contribution < 1.29 is 9.18 Å². The van der Waals surface area contributed by atoms with Crippen LogP contribution >= 0.6 is 0 Å². The Morgan fingerprint density at radius 2 is 1.68 bits per heavy atom. The van der Waals surface area contributed by atoms with Crippen molar-refractivity contribution in [2.75, 3.05) is 5.32 Å². The zero-order valence-corrected chi connectivity index (χ0v) is 13.2. The second-order valence-corrected chi connectivity index (χ2v) is 5.61. The molecule has 4 rings (SSSR count). The molecule has 25 heavy (non-hydrogen) atoms. The van der Waals surface area contributed by atoms with Gasteiger partial charge in [0, 0.05) is 29.2 Å². The summed E-state index contributed by atoms with van der Waals surface area (Å²) < 4.78 is 15.7. The first-order valence-electron chi connectivity index (χ1n) is 7.81. The Balaban J connectivity index is 1.67. The molecule has 2 aromatic heterocycles. The minimum absolute atomic E-state index is 0.288. The molecular formula is C20H14FN3O. The van der Waals surface area contributed by atoms with E-state index in [1.165, 1.54) is 6.07 Å². The third-order valence-corrected chi connectivity index (χ3v) is 3.90. The molecule has 0 aliphatic rings. The summed E-state index contributed by atoms with van der Waals surface area (Å²) in [5.41, 5.74) is 2.86. The number of halogens is 1. The van der Waals surface area contributed by atoms with E-state index < -0.39 is 0 Å². The van der Waals surface area contributed by atoms with E-state index in [-0.39, 0.29) is 11.7 Å². The van der Waals surface area contributed by atoms with Gasteiger partial charge in [0.05, 0.1) is 0 Å². The van der Waals surface area contributed by atoms with Crippen LogP contribution in [0.5, 0.6) is 0 Å². The monoisotopic (exact) mass is 331 g/mol. The first-order chi connectivity index (χ1) is 12.2. The molecule has 0 atom stereocenters. The van der Waals surface area contributed by atoms with Crippen molar-refractivity contribution in [1.29, 1.82) is 0 Å². The van der Waals surface area contributed by atoms with Gasteiger partial charge in [0.1, 0.15) is 17.2 Å². The van der Waals surface area contributed by atoms with Crippen LogP contribution in [0.2, 0.25) is 0 Å². The number of anilines is 1. The number of benzene rings is 2. The molecule has 4 nitrogen and oxygen atoms in total. The highest BCUT2D eigenvalue weighted by Crippen LogP contribution is 2.23. The van der Waals surface area contributed by atoms with Crippen molar-refractivity contribution in [3.8, 4) is 11.1 Å². The topological polar surface area (TPSA) is 46.4 Å². The molecule has 2 heterocycles. The predicted octanol–water partition coefficient (Wildman–Crippen LogP) is 4.39. The fraction of sp³-hybridized carbons (Fsp3) is 0. The number of fused-ring (bicyclic) bond motifs is 1. The summed E-state index contributed by atoms with van der Waals surface area (Å²) in [4.78, 5) is 16.7. The molecule has 0 saturated carbocycles. The number of rotatable bonds is 3. The molecule has 1 N–H and O–H groups in total. The predicted molar refractivity (Wildman–Crippen MR) is 95.0 cm³/mol. The van der Waals surface area contributed by atoms with Crippen molar-refractivity contribution in [1.82, 2.24) is 9.38 Å². The number of carbonyl (C=O) groups excluding carboxylic acids is 1. The van der Waals surface area contributed by atoms with Gasteiger partial charge < -0.3 is 9.72 Å². The van der Waals surface area contributed by atoms with Crippen LogP contribution in [0.3, 0.4) is 0 Å². The highest BCUT2D eigenvalue weighted by Gasteiger charge is 2.12. The fourth-order valence-corrected chi connectivity index (χ4v) is 2.67. The molecule has 0 spiro atoms. The molecule has 0 saturated heterocycles. The van der Waals surface area contributed by atoms with Gasteiger partial charge in [-0.1, -0.05) is 36.4 Å². The first-order valence-corrected chi connectivity index (χ1v) is 7.81. The molecule has 0 aliphatic carbocycles. The zero-order chi connectivity index (χ0) is 17.2. The number of nitrogens with zero attached hydrogens (tertiary/aromatic N) is 2. The summed E-state index contributed by atoms with van der Waals surface area (Å²) in [6, 6.07) is 19.3. The van der Waals surface area contributed by atoms with Gasteiger partial charge in [0.25, 0.3) is 5.91 Å². The number of para-hydroxylation sites is 1. The SMILES string of the molecule is O=C(Nc1ccccc1)c1cn2cc(-c3ccccc3F)ccc2n1. The standard InChI is InChI=1S/C20H14FN3O/c21-17-9-5-4-8-16(17)14-10-11-19-23-18(13-24(19)12-14)20(25)22-15-6-2-1-3-7-15/h1-13H,(H,22,25). The summed E-state index contributed by atoms with van der Waals surface area (Å²) in [6.07, 6.45) is 3.40. The lowest BCUT2D eigenvalue weighted by atomic mass is 10.1. The number of amides is 1. The van der Waals surface area contributed by atoms with Gasteiger partial charge in [-0.15, -0.1) is 0 Å². The Kier molecular flexibility index (Phi) is 3.74. The fourth-order valence-electron chi connectivity index (χ4n) is 2.67. The zero-order valence-electron chi connectivity index (χ0n) is 13.2. The van der Waals surface area contributed by atoms with E-state index in [0.29, 0.717) is 22.6 Å². The van der Waals surface area contributed by atoms with E-state index in [0.717, 1.165) is 5.56 Å². The Labute approximate surface area is 143 Å². The Bertz CT molecular complexity index is 1060. The number of hydrogen-bond acceptors (Lipinski definition) is 2. The maximum Gasteiger partial charge on any atom is 0.275 e. The smallest absolute Gasteiger partial charge is 0.275 e. The van der Waals surface area contributed by atoms with E-state index in [4.69, 9.17) is 0 Å². The van der Waals surface area contributed by atoms with Crippen LogP contribution < -0.4 is 5.32 Å². The van der Waals surface area contributed by atoms with Crippen molar-refractivity contribution in [2.45, 2.75) is 0 Å². The maximum absolute atomic E-state index is 14.0. The van der Waals surface area contributed by atoms with Gasteiger partial charge in [-0.2, -0.15) is 0 Å². The molecule has 1 amide bonds. The second kappa shape index (κ2) is 6.20. The van der Waals surface area contributed by atoms with Gasteiger partial charge in [-0.25, -0.2) is 9.37 Å². The highest BCUT2D eigenvalue weighted by atomic mass is 19.1. The van der Waals surface area contributed by atoms with E-state index in [2.05, 4.69) is 10.3 Å². The summed E-state index contributed by atoms with van der Waals surface area (Å²) in [5.74, 6) is -0.577. The van der Waals surface area contributed by atoms with E-state index in [1.807, 2.05) is 30.3 Å². The molecule has 0 radical (unpaired) electrons. The quantitative estimate of drug-likeness (QED) is 0.605. The van der Waals surface area contributed by atoms with Gasteiger partial charge >= 0.3 is 0 Å². The lowest BCUT2D eigenvalue weighted by Gasteiger charge is -2.03. The minimum atomic E-state index is -0.289. The third kappa shape index (κ3) is 2.99. The van der Waals surface area contributed by atoms with Crippen LogP contribution in [-0.4, -0.2) is 15.3 Å². The summed E-state index contributed by atoms with van der Waals surface area (Å²) in [6.45, 7) is 0. The van der Waals surface area contributed by atoms with Crippen LogP contribution in [0.4, 0.5) is 10.1 Å². The maximum atomic E-state index is 14.0. The van der Waals surface area contributed by atoms with Crippen LogP contribution in [0.1, 0.15) is 10.5 Å². The number of nitrogens with one attached hydrogen (secondary N) is 1. The molecule has 5 heteroatoms. The number of pyridine rings is 1. The number of imidazole rings is 1. The normalized spacial score (nSPS) is 10.8. The lowest BCUT2D eigenvalue weighted by molar-refractivity contribution is 0.102. The second-order valence-electron chi connectivity index (χ2n) is 5.61. The number of hydrogen-bond donors (Lipinski definition) is 1. The van der Waals surface area contributed by atoms with Crippen molar-refractivity contribution in [2.24, 2.45) is 0 Å². The number of carbonyl (C=O) groups is 1. The molecule has 0 unspecified atom stereocenters. The van der Waals surface area contributed by atoms with Crippen molar-refractivity contribution >= 4 is 17.2 Å². The van der Waals surface area contributed by atoms with Crippen LogP contribution in [0.15, 0.2) is 79.1 Å². The summed E-state index contributed by atoms with van der Waals surface area (Å²) in [5, 5.41) is 2.80. The van der Waals surface area contributed by atoms with Crippen LogP contribution in [0.25, 0.3) is 16.8 Å². The van der Waals surface area contributed by atoms with E-state index in [1.54, 1.807) is 47.1 Å². The largest absolute Gasteiger partial charge is 0.321 e. The molecule has 0 aliphatic heterocycles. The van der Waals surface area contributed by atoms with E-state index >= 15 is 0 Å². The van der Waals surface area contributed by atoms with Gasteiger partial charge in [0.15, 0.2) is 0 Å². The Morgan fingerprint density at radius 1 is 0.920 bits per heavy atom.